The first kappa shape index (κ1) is 48.8. The smallest absolute Gasteiger partial charge is 0.149 e. The van der Waals surface area contributed by atoms with Crippen molar-refractivity contribution in [2.24, 2.45) is 0 Å². The van der Waals surface area contributed by atoms with Crippen LogP contribution in [-0.2, 0) is 10.8 Å². The van der Waals surface area contributed by atoms with Crippen LogP contribution in [0.5, 0.6) is 5.75 Å². The molecule has 0 saturated heterocycles. The number of aromatic hydroxyl groups is 1. The highest BCUT2D eigenvalue weighted by molar-refractivity contribution is 5.98. The fourth-order valence-corrected chi connectivity index (χ4v) is 10.2. The van der Waals surface area contributed by atoms with Crippen molar-refractivity contribution >= 4 is 11.0 Å². The maximum atomic E-state index is 12.5. The third-order valence-corrected chi connectivity index (χ3v) is 14.6. The first-order chi connectivity index (χ1) is 34.9. The summed E-state index contributed by atoms with van der Waals surface area (Å²) in [7, 11) is 0. The minimum Gasteiger partial charge on any atom is -0.507 e. The molecule has 0 saturated carbocycles. The third kappa shape index (κ3) is 9.67. The molecule has 1 N–H and O–H groups in total. The molecule has 4 nitrogen and oxygen atoms in total. The Morgan fingerprint density at radius 1 is 0.452 bits per heavy atom. The Labute approximate surface area is 433 Å². The Hall–Kier alpha value is -7.82. The first-order valence-electron chi connectivity index (χ1n) is 25.9. The number of benzene rings is 8. The normalized spacial score (nSPS) is 12.1. The molecule has 364 valence electrons. The zero-order valence-corrected chi connectivity index (χ0v) is 44.3. The van der Waals surface area contributed by atoms with E-state index >= 15 is 0 Å². The molecule has 0 aliphatic heterocycles. The van der Waals surface area contributed by atoms with Gasteiger partial charge in [-0.05, 0) is 150 Å². The highest BCUT2D eigenvalue weighted by Gasteiger charge is 2.27. The van der Waals surface area contributed by atoms with E-state index in [-0.39, 0.29) is 28.4 Å². The number of fused-ring (bicyclic) bond motifs is 1. The van der Waals surface area contributed by atoms with E-state index in [1.54, 1.807) is 0 Å². The van der Waals surface area contributed by atoms with Gasteiger partial charge in [-0.2, -0.15) is 0 Å². The lowest BCUT2D eigenvalue weighted by atomic mass is 9.83. The first-order valence-corrected chi connectivity index (χ1v) is 25.9. The van der Waals surface area contributed by atoms with Gasteiger partial charge >= 0.3 is 0 Å². The monoisotopic (exact) mass is 954 g/mol. The molecule has 0 bridgehead atoms. The van der Waals surface area contributed by atoms with Crippen LogP contribution in [-0.4, -0.2) is 19.6 Å². The number of pyridine rings is 1. The van der Waals surface area contributed by atoms with Crippen molar-refractivity contribution in [1.82, 2.24) is 14.5 Å². The van der Waals surface area contributed by atoms with Crippen LogP contribution in [0, 0.1) is 6.92 Å². The van der Waals surface area contributed by atoms with E-state index in [9.17, 15) is 5.11 Å². The number of rotatable bonds is 10. The van der Waals surface area contributed by atoms with E-state index < -0.39 is 0 Å². The number of aromatic nitrogens is 3. The van der Waals surface area contributed by atoms with Crippen molar-refractivity contribution in [1.29, 1.82) is 0 Å². The quantitative estimate of drug-likeness (QED) is 0.149. The van der Waals surface area contributed by atoms with Crippen LogP contribution in [0.2, 0.25) is 0 Å². The molecule has 8 aromatic carbocycles. The summed E-state index contributed by atoms with van der Waals surface area (Å²) in [5.74, 6) is 1.29. The second-order valence-corrected chi connectivity index (χ2v) is 22.6. The Kier molecular flexibility index (Phi) is 12.9. The number of phenolic OH excluding ortho intramolecular Hbond substituents is 1. The number of hydrogen-bond donors (Lipinski definition) is 1. The van der Waals surface area contributed by atoms with Crippen LogP contribution < -0.4 is 0 Å². The van der Waals surface area contributed by atoms with Gasteiger partial charge in [-0.15, -0.1) is 0 Å². The van der Waals surface area contributed by atoms with Crippen molar-refractivity contribution in [3.05, 3.63) is 216 Å². The fraction of sp³-hybridized carbons (Fsp3) is 0.217. The minimum absolute atomic E-state index is 0.0480. The van der Waals surface area contributed by atoms with Crippen LogP contribution in [0.4, 0.5) is 0 Å². The van der Waals surface area contributed by atoms with Gasteiger partial charge in [-0.1, -0.05) is 203 Å². The topological polar surface area (TPSA) is 50.9 Å². The van der Waals surface area contributed by atoms with Gasteiger partial charge in [-0.3, -0.25) is 9.55 Å². The highest BCUT2D eigenvalue weighted by Crippen LogP contribution is 2.46. The molecule has 0 atom stereocenters. The fourth-order valence-electron chi connectivity index (χ4n) is 10.2. The molecule has 4 heteroatoms. The number of para-hydroxylation sites is 1. The van der Waals surface area contributed by atoms with Crippen LogP contribution in [0.15, 0.2) is 188 Å². The molecule has 0 radical (unpaired) electrons. The summed E-state index contributed by atoms with van der Waals surface area (Å²) in [6.45, 7) is 24.6. The molecule has 10 rings (SSSR count). The van der Waals surface area contributed by atoms with Crippen molar-refractivity contribution in [3.63, 3.8) is 0 Å². The number of phenols is 1. The van der Waals surface area contributed by atoms with E-state index in [0.29, 0.717) is 5.82 Å². The Bertz CT molecular complexity index is 3620. The largest absolute Gasteiger partial charge is 0.507 e. The highest BCUT2D eigenvalue weighted by atomic mass is 16.3. The molecular formula is C69H67N3O. The summed E-state index contributed by atoms with van der Waals surface area (Å²) in [5.41, 5.74) is 22.3. The van der Waals surface area contributed by atoms with Crippen molar-refractivity contribution in [2.45, 2.75) is 98.8 Å². The van der Waals surface area contributed by atoms with Crippen LogP contribution in [0.3, 0.4) is 0 Å². The molecule has 0 aliphatic carbocycles. The second kappa shape index (κ2) is 19.3. The van der Waals surface area contributed by atoms with Crippen molar-refractivity contribution < 1.29 is 5.11 Å². The lowest BCUT2D eigenvalue weighted by molar-refractivity contribution is 0.466. The van der Waals surface area contributed by atoms with Crippen molar-refractivity contribution in [3.8, 4) is 89.7 Å². The van der Waals surface area contributed by atoms with Gasteiger partial charge in [0.25, 0.3) is 0 Å². The summed E-state index contributed by atoms with van der Waals surface area (Å²) < 4.78 is 2.31. The van der Waals surface area contributed by atoms with Gasteiger partial charge in [0.2, 0.25) is 0 Å². The summed E-state index contributed by atoms with van der Waals surface area (Å²) in [6, 6.07) is 65.8. The molecule has 10 aromatic rings. The third-order valence-electron chi connectivity index (χ3n) is 14.6. The van der Waals surface area contributed by atoms with E-state index in [0.717, 1.165) is 83.6 Å². The zero-order valence-electron chi connectivity index (χ0n) is 44.3. The summed E-state index contributed by atoms with van der Waals surface area (Å²) in [4.78, 5) is 10.8. The average Bonchev–Trinajstić information content (AvgIpc) is 3.78. The number of hydrogen-bond acceptors (Lipinski definition) is 3. The van der Waals surface area contributed by atoms with E-state index in [4.69, 9.17) is 9.97 Å². The Morgan fingerprint density at radius 3 is 1.67 bits per heavy atom. The van der Waals surface area contributed by atoms with Crippen LogP contribution in [0.25, 0.3) is 95.0 Å². The molecule has 2 aromatic heterocycles. The maximum Gasteiger partial charge on any atom is 0.149 e. The Balaban J connectivity index is 1.21. The van der Waals surface area contributed by atoms with Crippen molar-refractivity contribution in [2.75, 3.05) is 0 Å². The van der Waals surface area contributed by atoms with E-state index in [1.807, 2.05) is 6.20 Å². The van der Waals surface area contributed by atoms with E-state index in [2.05, 4.69) is 263 Å². The number of nitrogens with zero attached hydrogens (tertiary/aromatic N) is 3. The predicted octanol–water partition coefficient (Wildman–Crippen LogP) is 18.9. The molecule has 0 fully saturated rings. The minimum atomic E-state index is -0.165. The predicted molar refractivity (Wildman–Crippen MR) is 309 cm³/mol. The Morgan fingerprint density at radius 2 is 1.04 bits per heavy atom. The standard InChI is InChI=1S/C69H67N3O/c1-43(2)52-39-58(44(3)4)66(73)61(40-52)67-71-65-57(53-36-54(38-56(37-53)69(9,10)11)62-41-51(33-34-70-62)48-27-25-47(26-28-48)46-19-14-12-15-20-46)23-18-24-63(65)72(67)64-35-45(5)59(42-60(64)49-21-16-13-17-22-49)50-29-31-55(32-30-50)68(6,7)8/h12-44,73H,1-11H3. The average molecular weight is 954 g/mol. The van der Waals surface area contributed by atoms with E-state index in [1.165, 1.54) is 33.4 Å². The van der Waals surface area contributed by atoms with Gasteiger partial charge in [0.15, 0.2) is 0 Å². The molecule has 0 unspecified atom stereocenters. The van der Waals surface area contributed by atoms with Gasteiger partial charge in [0, 0.05) is 22.9 Å². The lowest BCUT2D eigenvalue weighted by Gasteiger charge is -2.22. The molecular weight excluding hydrogens is 887 g/mol. The molecule has 2 heterocycles. The molecule has 73 heavy (non-hydrogen) atoms. The van der Waals surface area contributed by atoms with Gasteiger partial charge in [0.05, 0.1) is 28.0 Å². The molecule has 0 amide bonds. The SMILES string of the molecule is Cc1cc(-n2c(-c3cc(C(C)C)cc(C(C)C)c3O)nc3c(-c4cc(-c5cc(-c6ccc(-c7ccccc7)cc6)ccn5)cc(C(C)(C)C)c4)cccc32)c(-c2ccccc2)cc1-c1ccc(C(C)(C)C)cc1. The van der Waals surface area contributed by atoms with Crippen LogP contribution >= 0.6 is 0 Å². The lowest BCUT2D eigenvalue weighted by Crippen LogP contribution is -2.11. The van der Waals surface area contributed by atoms with Gasteiger partial charge in [-0.25, -0.2) is 4.98 Å². The summed E-state index contributed by atoms with van der Waals surface area (Å²) in [6.07, 6.45) is 1.93. The second-order valence-electron chi connectivity index (χ2n) is 22.6. The molecule has 0 aliphatic rings. The number of aryl methyl sites for hydroxylation is 1. The van der Waals surface area contributed by atoms with Gasteiger partial charge in [0.1, 0.15) is 11.6 Å². The van der Waals surface area contributed by atoms with Gasteiger partial charge < -0.3 is 5.11 Å². The zero-order chi connectivity index (χ0) is 51.3. The molecule has 0 spiro atoms. The maximum absolute atomic E-state index is 12.5. The summed E-state index contributed by atoms with van der Waals surface area (Å²) in [5, 5.41) is 12.5. The van der Waals surface area contributed by atoms with Crippen LogP contribution in [0.1, 0.15) is 109 Å². The summed E-state index contributed by atoms with van der Waals surface area (Å²) >= 11 is 0. The number of imidazole rings is 1.